The lowest BCUT2D eigenvalue weighted by molar-refractivity contribution is -0.143. The predicted octanol–water partition coefficient (Wildman–Crippen LogP) is 1.40. The molecule has 1 rings (SSSR count). The first-order valence-corrected chi connectivity index (χ1v) is 6.87. The van der Waals surface area contributed by atoms with E-state index in [9.17, 15) is 4.79 Å². The minimum absolute atomic E-state index is 0.0937. The molecular formula is C13H26N2O2. The van der Waals surface area contributed by atoms with Crippen molar-refractivity contribution in [2.75, 3.05) is 32.8 Å². The quantitative estimate of drug-likeness (QED) is 0.715. The molecule has 1 saturated heterocycles. The molecular weight excluding hydrogens is 216 g/mol. The van der Waals surface area contributed by atoms with Gasteiger partial charge in [-0.05, 0) is 45.8 Å². The zero-order chi connectivity index (χ0) is 12.5. The van der Waals surface area contributed by atoms with Crippen molar-refractivity contribution in [3.8, 4) is 0 Å². The number of nitrogens with zero attached hydrogens (tertiary/aromatic N) is 1. The highest BCUT2D eigenvalue weighted by atomic mass is 16.5. The van der Waals surface area contributed by atoms with Gasteiger partial charge in [-0.15, -0.1) is 0 Å². The van der Waals surface area contributed by atoms with Crippen molar-refractivity contribution < 1.29 is 9.53 Å². The lowest BCUT2D eigenvalue weighted by Gasteiger charge is -2.18. The maximum Gasteiger partial charge on any atom is 0.307 e. The molecule has 1 heterocycles. The number of ether oxygens (including phenoxy) is 1. The Labute approximate surface area is 105 Å². The van der Waals surface area contributed by atoms with Gasteiger partial charge in [0.05, 0.1) is 13.0 Å². The maximum atomic E-state index is 11.2. The molecule has 0 aliphatic carbocycles. The molecule has 0 spiro atoms. The molecule has 1 N–H and O–H groups in total. The SMILES string of the molecule is CCOC(=O)CCNC1CCCN(CC)CC1. The Kier molecular flexibility index (Phi) is 7.21. The van der Waals surface area contributed by atoms with Gasteiger partial charge in [0.1, 0.15) is 0 Å². The van der Waals surface area contributed by atoms with Crippen molar-refractivity contribution in [1.29, 1.82) is 0 Å². The summed E-state index contributed by atoms with van der Waals surface area (Å²) in [6.07, 6.45) is 4.16. The smallest absolute Gasteiger partial charge is 0.307 e. The third-order valence-electron chi connectivity index (χ3n) is 3.34. The molecule has 1 aliphatic rings. The molecule has 1 fully saturated rings. The summed E-state index contributed by atoms with van der Waals surface area (Å²) in [5.41, 5.74) is 0. The minimum atomic E-state index is -0.0937. The third kappa shape index (κ3) is 6.03. The summed E-state index contributed by atoms with van der Waals surface area (Å²) in [5.74, 6) is -0.0937. The Morgan fingerprint density at radius 2 is 2.18 bits per heavy atom. The Balaban J connectivity index is 2.12. The number of carbonyl (C=O) groups is 1. The fourth-order valence-electron chi connectivity index (χ4n) is 2.29. The third-order valence-corrected chi connectivity index (χ3v) is 3.34. The molecule has 0 aromatic rings. The number of hydrogen-bond acceptors (Lipinski definition) is 4. The van der Waals surface area contributed by atoms with E-state index in [2.05, 4.69) is 17.1 Å². The second kappa shape index (κ2) is 8.48. The number of esters is 1. The molecule has 0 amide bonds. The number of carbonyl (C=O) groups excluding carboxylic acids is 1. The van der Waals surface area contributed by atoms with Crippen LogP contribution in [-0.4, -0.2) is 49.7 Å². The molecule has 0 aromatic heterocycles. The van der Waals surface area contributed by atoms with E-state index in [1.807, 2.05) is 6.92 Å². The highest BCUT2D eigenvalue weighted by Crippen LogP contribution is 2.10. The van der Waals surface area contributed by atoms with Crippen molar-refractivity contribution >= 4 is 5.97 Å². The van der Waals surface area contributed by atoms with E-state index >= 15 is 0 Å². The lowest BCUT2D eigenvalue weighted by atomic mass is 10.1. The number of nitrogens with one attached hydrogen (secondary N) is 1. The standard InChI is InChI=1S/C13H26N2O2/c1-3-15-10-5-6-12(8-11-15)14-9-7-13(16)17-4-2/h12,14H,3-11H2,1-2H3. The first-order valence-electron chi connectivity index (χ1n) is 6.87. The average molecular weight is 242 g/mol. The molecule has 17 heavy (non-hydrogen) atoms. The van der Waals surface area contributed by atoms with Gasteiger partial charge < -0.3 is 15.0 Å². The van der Waals surface area contributed by atoms with E-state index < -0.39 is 0 Å². The summed E-state index contributed by atoms with van der Waals surface area (Å²) in [6, 6.07) is 0.570. The van der Waals surface area contributed by atoms with Crippen LogP contribution in [0.5, 0.6) is 0 Å². The molecule has 1 atom stereocenters. The minimum Gasteiger partial charge on any atom is -0.466 e. The summed E-state index contributed by atoms with van der Waals surface area (Å²) in [6.45, 7) is 8.82. The fourth-order valence-corrected chi connectivity index (χ4v) is 2.29. The van der Waals surface area contributed by atoms with Crippen molar-refractivity contribution in [2.24, 2.45) is 0 Å². The largest absolute Gasteiger partial charge is 0.466 e. The van der Waals surface area contributed by atoms with Crippen LogP contribution in [0, 0.1) is 0 Å². The zero-order valence-corrected chi connectivity index (χ0v) is 11.2. The Morgan fingerprint density at radius 1 is 1.35 bits per heavy atom. The van der Waals surface area contributed by atoms with Crippen LogP contribution >= 0.6 is 0 Å². The van der Waals surface area contributed by atoms with Crippen LogP contribution in [0.15, 0.2) is 0 Å². The Morgan fingerprint density at radius 3 is 2.88 bits per heavy atom. The lowest BCUT2D eigenvalue weighted by Crippen LogP contribution is -2.32. The van der Waals surface area contributed by atoms with Crippen LogP contribution in [0.25, 0.3) is 0 Å². The summed E-state index contributed by atoms with van der Waals surface area (Å²) < 4.78 is 4.90. The van der Waals surface area contributed by atoms with Gasteiger partial charge in [-0.1, -0.05) is 6.92 Å². The summed E-state index contributed by atoms with van der Waals surface area (Å²) in [4.78, 5) is 13.7. The number of rotatable bonds is 6. The topological polar surface area (TPSA) is 41.6 Å². The van der Waals surface area contributed by atoms with Crippen LogP contribution in [0.1, 0.15) is 39.5 Å². The molecule has 1 aliphatic heterocycles. The van der Waals surface area contributed by atoms with Gasteiger partial charge in [0, 0.05) is 12.6 Å². The van der Waals surface area contributed by atoms with E-state index in [4.69, 9.17) is 4.74 Å². The van der Waals surface area contributed by atoms with E-state index in [0.29, 0.717) is 19.1 Å². The highest BCUT2D eigenvalue weighted by molar-refractivity contribution is 5.69. The molecule has 100 valence electrons. The van der Waals surface area contributed by atoms with Gasteiger partial charge in [0.25, 0.3) is 0 Å². The first-order chi connectivity index (χ1) is 8.26. The average Bonchev–Trinajstić information content (AvgIpc) is 2.55. The van der Waals surface area contributed by atoms with Crippen LogP contribution in [0.2, 0.25) is 0 Å². The molecule has 0 aromatic carbocycles. The van der Waals surface area contributed by atoms with Gasteiger partial charge in [-0.2, -0.15) is 0 Å². The van der Waals surface area contributed by atoms with Gasteiger partial charge in [0.15, 0.2) is 0 Å². The van der Waals surface area contributed by atoms with Crippen LogP contribution in [0.3, 0.4) is 0 Å². The van der Waals surface area contributed by atoms with Crippen molar-refractivity contribution in [3.63, 3.8) is 0 Å². The second-order valence-electron chi connectivity index (χ2n) is 4.57. The molecule has 4 heteroatoms. The van der Waals surface area contributed by atoms with E-state index in [-0.39, 0.29) is 5.97 Å². The monoisotopic (exact) mass is 242 g/mol. The van der Waals surface area contributed by atoms with E-state index in [1.165, 1.54) is 32.4 Å². The Hall–Kier alpha value is -0.610. The fraction of sp³-hybridized carbons (Fsp3) is 0.923. The molecule has 1 unspecified atom stereocenters. The van der Waals surface area contributed by atoms with Gasteiger partial charge in [-0.3, -0.25) is 4.79 Å². The summed E-state index contributed by atoms with van der Waals surface area (Å²) in [5, 5.41) is 3.47. The van der Waals surface area contributed by atoms with Crippen molar-refractivity contribution in [2.45, 2.75) is 45.6 Å². The molecule has 0 saturated carbocycles. The number of likely N-dealkylation sites (tertiary alicyclic amines) is 1. The van der Waals surface area contributed by atoms with Gasteiger partial charge in [-0.25, -0.2) is 0 Å². The molecule has 0 bridgehead atoms. The Bertz CT molecular complexity index is 221. The van der Waals surface area contributed by atoms with Crippen LogP contribution in [-0.2, 0) is 9.53 Å². The van der Waals surface area contributed by atoms with Gasteiger partial charge >= 0.3 is 5.97 Å². The summed E-state index contributed by atoms with van der Waals surface area (Å²) >= 11 is 0. The van der Waals surface area contributed by atoms with E-state index in [0.717, 1.165) is 13.1 Å². The van der Waals surface area contributed by atoms with Crippen LogP contribution in [0.4, 0.5) is 0 Å². The first kappa shape index (κ1) is 14.5. The van der Waals surface area contributed by atoms with Crippen molar-refractivity contribution in [3.05, 3.63) is 0 Å². The normalized spacial score (nSPS) is 22.1. The maximum absolute atomic E-state index is 11.2. The molecule has 0 radical (unpaired) electrons. The molecule has 4 nitrogen and oxygen atoms in total. The number of hydrogen-bond donors (Lipinski definition) is 1. The zero-order valence-electron chi connectivity index (χ0n) is 11.2. The summed E-state index contributed by atoms with van der Waals surface area (Å²) in [7, 11) is 0. The van der Waals surface area contributed by atoms with Crippen molar-refractivity contribution in [1.82, 2.24) is 10.2 Å². The van der Waals surface area contributed by atoms with Crippen LogP contribution < -0.4 is 5.32 Å². The predicted molar refractivity (Wildman–Crippen MR) is 69.0 cm³/mol. The van der Waals surface area contributed by atoms with Gasteiger partial charge in [0.2, 0.25) is 0 Å². The highest BCUT2D eigenvalue weighted by Gasteiger charge is 2.15. The second-order valence-corrected chi connectivity index (χ2v) is 4.57. The van der Waals surface area contributed by atoms with E-state index in [1.54, 1.807) is 0 Å².